The number of para-hydroxylation sites is 1. The van der Waals surface area contributed by atoms with Gasteiger partial charge in [0.05, 0.1) is 0 Å². The zero-order valence-electron chi connectivity index (χ0n) is 5.77. The second-order valence-corrected chi connectivity index (χ2v) is 2.93. The van der Waals surface area contributed by atoms with Crippen molar-refractivity contribution in [1.82, 2.24) is 0 Å². The molecule has 0 aliphatic carbocycles. The Morgan fingerprint density at radius 1 is 1.17 bits per heavy atom. The Morgan fingerprint density at radius 3 is 2.08 bits per heavy atom. The molecule has 4 nitrogen and oxygen atoms in total. The summed E-state index contributed by atoms with van der Waals surface area (Å²) in [5, 5.41) is 0. The van der Waals surface area contributed by atoms with Crippen molar-refractivity contribution in [2.24, 2.45) is 0 Å². The maximum absolute atomic E-state index is 10.1. The number of benzene rings is 1. The van der Waals surface area contributed by atoms with Gasteiger partial charge in [-0.05, 0) is 12.1 Å². The minimum Gasteiger partial charge on any atom is -0.780 e. The van der Waals surface area contributed by atoms with Crippen LogP contribution in [0.3, 0.4) is 0 Å². The monoisotopic (exact) mass is 235 g/mol. The zero-order valence-corrected chi connectivity index (χ0v) is 7.60. The van der Waals surface area contributed by atoms with E-state index in [1.54, 1.807) is 18.2 Å². The van der Waals surface area contributed by atoms with Crippen LogP contribution in [-0.4, -0.2) is 0 Å². The van der Waals surface area contributed by atoms with Gasteiger partial charge >= 0.3 is 17.1 Å². The predicted octanol–water partition coefficient (Wildman–Crippen LogP) is -0.108. The summed E-state index contributed by atoms with van der Waals surface area (Å²) in [6.45, 7) is 0. The first kappa shape index (κ1) is 11.7. The van der Waals surface area contributed by atoms with E-state index in [1.807, 2.05) is 0 Å². The van der Waals surface area contributed by atoms with Crippen LogP contribution in [0.25, 0.3) is 0 Å². The Labute approximate surface area is 80.3 Å². The maximum atomic E-state index is 10.1. The third-order valence-electron chi connectivity index (χ3n) is 0.960. The van der Waals surface area contributed by atoms with E-state index in [1.165, 1.54) is 12.1 Å². The van der Waals surface area contributed by atoms with Gasteiger partial charge in [0.25, 0.3) is 0 Å². The van der Waals surface area contributed by atoms with Crippen LogP contribution in [0, 0.1) is 0 Å². The summed E-state index contributed by atoms with van der Waals surface area (Å²) in [5.41, 5.74) is 0. The van der Waals surface area contributed by atoms with E-state index in [0.29, 0.717) is 0 Å². The molecule has 0 aliphatic rings. The van der Waals surface area contributed by atoms with Crippen molar-refractivity contribution in [3.63, 3.8) is 0 Å². The summed E-state index contributed by atoms with van der Waals surface area (Å²) >= 11 is 0. The second kappa shape index (κ2) is 4.65. The number of hydrogen-bond donors (Lipinski definition) is 0. The van der Waals surface area contributed by atoms with Gasteiger partial charge in [-0.2, -0.15) is 0 Å². The van der Waals surface area contributed by atoms with Crippen LogP contribution in [0.15, 0.2) is 30.3 Å². The molecule has 1 aromatic carbocycles. The fourth-order valence-electron chi connectivity index (χ4n) is 0.610. The van der Waals surface area contributed by atoms with E-state index in [-0.39, 0.29) is 22.8 Å². The van der Waals surface area contributed by atoms with Gasteiger partial charge in [0.15, 0.2) is 0 Å². The molecule has 0 atom stereocenters. The molecule has 69 valence electrons. The molecule has 0 fully saturated rings. The third-order valence-corrected chi connectivity index (χ3v) is 1.39. The first-order valence-corrected chi connectivity index (χ1v) is 4.31. The van der Waals surface area contributed by atoms with Crippen molar-refractivity contribution in [3.05, 3.63) is 30.3 Å². The van der Waals surface area contributed by atoms with Crippen LogP contribution >= 0.6 is 7.82 Å². The Bertz CT molecular complexity index is 270. The molecule has 0 saturated heterocycles. The first-order chi connectivity index (χ1) is 5.08. The molecule has 0 aromatic heterocycles. The molecule has 0 amide bonds. The Morgan fingerprint density at radius 2 is 1.67 bits per heavy atom. The van der Waals surface area contributed by atoms with Gasteiger partial charge in [0.2, 0.25) is 0 Å². The van der Waals surface area contributed by atoms with E-state index in [4.69, 9.17) is 0 Å². The standard InChI is InChI=1S/C6H7O4P.Cu/c7-11(8,9)10-6-4-2-1-3-5-6;/h1-5H,(H2,7,8,9);/q;+2/p-2. The van der Waals surface area contributed by atoms with Gasteiger partial charge in [-0.15, -0.1) is 0 Å². The zero-order chi connectivity index (χ0) is 8.32. The molecular formula is C6H5CuO4P. The van der Waals surface area contributed by atoms with Crippen LogP contribution in [0.4, 0.5) is 0 Å². The molecule has 0 N–H and O–H groups in total. The van der Waals surface area contributed by atoms with E-state index in [9.17, 15) is 14.4 Å². The van der Waals surface area contributed by atoms with E-state index >= 15 is 0 Å². The molecule has 0 aliphatic heterocycles. The Balaban J connectivity index is 0.00000121. The van der Waals surface area contributed by atoms with Gasteiger partial charge in [0.1, 0.15) is 13.6 Å². The van der Waals surface area contributed by atoms with Crippen molar-refractivity contribution in [1.29, 1.82) is 0 Å². The number of phosphoric ester groups is 1. The molecule has 0 saturated carbocycles. The summed E-state index contributed by atoms with van der Waals surface area (Å²) in [5.74, 6) is 0.0424. The van der Waals surface area contributed by atoms with Gasteiger partial charge < -0.3 is 18.9 Å². The summed E-state index contributed by atoms with van der Waals surface area (Å²) < 4.78 is 14.1. The average Bonchev–Trinajstić information content (AvgIpc) is 1.85. The normalized spacial score (nSPS) is 10.2. The topological polar surface area (TPSA) is 72.4 Å². The molecule has 0 spiro atoms. The summed E-state index contributed by atoms with van der Waals surface area (Å²) in [4.78, 5) is 20.1. The van der Waals surface area contributed by atoms with Gasteiger partial charge in [-0.25, -0.2) is 0 Å². The SMILES string of the molecule is O=P([O-])([O-])Oc1ccccc1.[Cu+2]. The molecule has 12 heavy (non-hydrogen) atoms. The predicted molar refractivity (Wildman–Crippen MR) is 34.7 cm³/mol. The first-order valence-electron chi connectivity index (χ1n) is 2.85. The van der Waals surface area contributed by atoms with Crippen molar-refractivity contribution in [3.8, 4) is 5.75 Å². The number of phosphoric acid groups is 1. The van der Waals surface area contributed by atoms with E-state index in [0.717, 1.165) is 0 Å². The smallest absolute Gasteiger partial charge is 0.780 e. The minimum absolute atomic E-state index is 0. The van der Waals surface area contributed by atoms with Crippen molar-refractivity contribution >= 4 is 7.82 Å². The molecule has 6 heteroatoms. The quantitative estimate of drug-likeness (QED) is 0.530. The molecule has 1 radical (unpaired) electrons. The number of rotatable bonds is 2. The summed E-state index contributed by atoms with van der Waals surface area (Å²) in [6.07, 6.45) is 0. The fourth-order valence-corrected chi connectivity index (χ4v) is 0.990. The fraction of sp³-hybridized carbons (Fsp3) is 0. The van der Waals surface area contributed by atoms with Gasteiger partial charge in [-0.3, -0.25) is 0 Å². The third kappa shape index (κ3) is 4.54. The van der Waals surface area contributed by atoms with Crippen LogP contribution in [0.2, 0.25) is 0 Å². The van der Waals surface area contributed by atoms with Gasteiger partial charge in [-0.1, -0.05) is 18.2 Å². The van der Waals surface area contributed by atoms with Crippen molar-refractivity contribution in [2.75, 3.05) is 0 Å². The van der Waals surface area contributed by atoms with Crippen molar-refractivity contribution in [2.45, 2.75) is 0 Å². The molecule has 1 rings (SSSR count). The van der Waals surface area contributed by atoms with Crippen LogP contribution in [0.1, 0.15) is 0 Å². The Kier molecular flexibility index (Phi) is 4.53. The number of hydrogen-bond acceptors (Lipinski definition) is 4. The van der Waals surface area contributed by atoms with Crippen LogP contribution in [0.5, 0.6) is 5.75 Å². The van der Waals surface area contributed by atoms with Gasteiger partial charge in [0, 0.05) is 0 Å². The second-order valence-electron chi connectivity index (χ2n) is 1.85. The Hall–Kier alpha value is -0.311. The van der Waals surface area contributed by atoms with E-state index < -0.39 is 7.82 Å². The summed E-state index contributed by atoms with van der Waals surface area (Å²) in [6, 6.07) is 7.62. The molecule has 0 bridgehead atoms. The maximum Gasteiger partial charge on any atom is 2.00 e. The minimum atomic E-state index is -4.89. The molecular weight excluding hydrogens is 231 g/mol. The van der Waals surface area contributed by atoms with Crippen molar-refractivity contribution < 1.29 is 35.9 Å². The largest absolute Gasteiger partial charge is 2.00 e. The molecule has 0 heterocycles. The molecule has 0 unspecified atom stereocenters. The summed E-state index contributed by atoms with van der Waals surface area (Å²) in [7, 11) is -4.89. The van der Waals surface area contributed by atoms with Crippen LogP contribution in [-0.2, 0) is 21.6 Å². The van der Waals surface area contributed by atoms with E-state index in [2.05, 4.69) is 4.52 Å². The van der Waals surface area contributed by atoms with Crippen LogP contribution < -0.4 is 14.3 Å². The average molecular weight is 236 g/mol. The molecule has 1 aromatic rings.